The van der Waals surface area contributed by atoms with Crippen LogP contribution in [0.1, 0.15) is 10.4 Å². The summed E-state index contributed by atoms with van der Waals surface area (Å²) in [4.78, 5) is 26.9. The normalized spacial score (nSPS) is 19.4. The van der Waals surface area contributed by atoms with Gasteiger partial charge in [-0.25, -0.2) is 0 Å². The smallest absolute Gasteiger partial charge is 0.298 e. The number of carbonyl (C=O) groups excluding carboxylic acids is 2. The summed E-state index contributed by atoms with van der Waals surface area (Å²) in [6, 6.07) is 8.21. The Morgan fingerprint density at radius 2 is 1.83 bits per heavy atom. The van der Waals surface area contributed by atoms with Crippen LogP contribution in [-0.4, -0.2) is 27.5 Å². The minimum Gasteiger partial charge on any atom is -0.455 e. The Labute approximate surface area is 117 Å². The average Bonchev–Trinajstić information content (AvgIpc) is 2.71. The molecule has 0 aliphatic carbocycles. The van der Waals surface area contributed by atoms with Crippen LogP contribution in [0, 0.1) is 0 Å². The molecule has 2 rings (SSSR count). The summed E-state index contributed by atoms with van der Waals surface area (Å²) in [7, 11) is 0. The number of Topliss-reactive ketones (excluding diaryl/α,β-unsaturated/α-hetero) is 1. The first-order valence-corrected chi connectivity index (χ1v) is 5.98. The van der Waals surface area contributed by atoms with E-state index < -0.39 is 21.6 Å². The van der Waals surface area contributed by atoms with Gasteiger partial charge in [-0.2, -0.15) is 4.99 Å². The third-order valence-electron chi connectivity index (χ3n) is 2.20. The van der Waals surface area contributed by atoms with Gasteiger partial charge >= 0.3 is 0 Å². The van der Waals surface area contributed by atoms with Gasteiger partial charge < -0.3 is 4.74 Å². The van der Waals surface area contributed by atoms with Crippen molar-refractivity contribution in [3.05, 3.63) is 35.9 Å². The quantitative estimate of drug-likeness (QED) is 0.479. The maximum absolute atomic E-state index is 12.0. The topological polar surface area (TPSA) is 55.7 Å². The molecule has 1 aromatic rings. The Balaban J connectivity index is 2.19. The van der Waals surface area contributed by atoms with Crippen LogP contribution < -0.4 is 0 Å². The number of carbonyl (C=O) groups is 2. The number of amides is 1. The predicted octanol–water partition coefficient (Wildman–Crippen LogP) is 2.56. The van der Waals surface area contributed by atoms with Crippen LogP contribution in [-0.2, 0) is 9.53 Å². The van der Waals surface area contributed by atoms with E-state index in [1.807, 2.05) is 0 Å². The Morgan fingerprint density at radius 1 is 1.22 bits per heavy atom. The Kier molecular flexibility index (Phi) is 3.61. The first kappa shape index (κ1) is 13.3. The molecule has 0 fully saturated rings. The third kappa shape index (κ3) is 2.66. The van der Waals surface area contributed by atoms with Crippen molar-refractivity contribution in [2.45, 2.75) is 9.90 Å². The number of benzene rings is 1. The molecule has 1 heterocycles. The largest absolute Gasteiger partial charge is 0.455 e. The fourth-order valence-corrected chi connectivity index (χ4v) is 1.66. The van der Waals surface area contributed by atoms with Crippen LogP contribution in [0.3, 0.4) is 0 Å². The van der Waals surface area contributed by atoms with Gasteiger partial charge in [-0.05, 0) is 0 Å². The summed E-state index contributed by atoms with van der Waals surface area (Å²) in [5.41, 5.74) is 0.330. The molecule has 18 heavy (non-hydrogen) atoms. The summed E-state index contributed by atoms with van der Waals surface area (Å²) >= 11 is 16.6. The molecule has 1 amide bonds. The van der Waals surface area contributed by atoms with Gasteiger partial charge in [-0.15, -0.1) is 0 Å². The van der Waals surface area contributed by atoms with Gasteiger partial charge in [-0.1, -0.05) is 65.1 Å². The Bertz CT molecular complexity index is 522. The average molecular weight is 307 g/mol. The molecule has 0 bridgehead atoms. The van der Waals surface area contributed by atoms with Crippen molar-refractivity contribution in [2.75, 3.05) is 0 Å². The summed E-state index contributed by atoms with van der Waals surface area (Å²) in [6.07, 6.45) is -1.38. The van der Waals surface area contributed by atoms with Gasteiger partial charge in [0.25, 0.3) is 9.70 Å². The highest BCUT2D eigenvalue weighted by Gasteiger charge is 2.43. The van der Waals surface area contributed by atoms with E-state index in [-0.39, 0.29) is 5.90 Å². The zero-order valence-corrected chi connectivity index (χ0v) is 11.0. The summed E-state index contributed by atoms with van der Waals surface area (Å²) in [5, 5.41) is 0. The number of aliphatic imine (C=N–C) groups is 1. The lowest BCUT2D eigenvalue weighted by Crippen LogP contribution is -2.30. The van der Waals surface area contributed by atoms with Crippen molar-refractivity contribution in [3.63, 3.8) is 0 Å². The molecule has 0 saturated carbocycles. The van der Waals surface area contributed by atoms with Gasteiger partial charge in [-0.3, -0.25) is 9.59 Å². The molecular formula is C11H6Cl3NO3. The van der Waals surface area contributed by atoms with Gasteiger partial charge in [0.05, 0.1) is 0 Å². The number of halogens is 3. The van der Waals surface area contributed by atoms with Crippen LogP contribution in [0.2, 0.25) is 0 Å². The molecule has 1 unspecified atom stereocenters. The number of hydrogen-bond acceptors (Lipinski definition) is 3. The molecule has 0 radical (unpaired) electrons. The first-order chi connectivity index (χ1) is 8.39. The first-order valence-electron chi connectivity index (χ1n) is 4.85. The molecule has 1 atom stereocenters. The van der Waals surface area contributed by atoms with Gasteiger partial charge in [0, 0.05) is 5.56 Å². The second-order valence-electron chi connectivity index (χ2n) is 3.48. The molecule has 94 valence electrons. The lowest BCUT2D eigenvalue weighted by Gasteiger charge is -2.12. The van der Waals surface area contributed by atoms with Crippen molar-refractivity contribution in [1.82, 2.24) is 0 Å². The monoisotopic (exact) mass is 305 g/mol. The highest BCUT2D eigenvalue weighted by Crippen LogP contribution is 2.32. The van der Waals surface area contributed by atoms with Crippen LogP contribution in [0.5, 0.6) is 0 Å². The Hall–Kier alpha value is -1.10. The van der Waals surface area contributed by atoms with E-state index in [2.05, 4.69) is 4.99 Å². The fraction of sp³-hybridized carbons (Fsp3) is 0.182. The molecule has 1 aliphatic heterocycles. The number of ether oxygens (including phenoxy) is 1. The maximum Gasteiger partial charge on any atom is 0.298 e. The second-order valence-corrected chi connectivity index (χ2v) is 5.76. The van der Waals surface area contributed by atoms with Crippen molar-refractivity contribution >= 4 is 52.4 Å². The van der Waals surface area contributed by atoms with Gasteiger partial charge in [0.1, 0.15) is 0 Å². The molecule has 0 N–H and O–H groups in total. The van der Waals surface area contributed by atoms with Gasteiger partial charge in [0.2, 0.25) is 17.8 Å². The fourth-order valence-electron chi connectivity index (χ4n) is 1.40. The minimum absolute atomic E-state index is 0.330. The van der Waals surface area contributed by atoms with E-state index in [9.17, 15) is 9.59 Å². The molecule has 1 aliphatic rings. The van der Waals surface area contributed by atoms with E-state index >= 15 is 0 Å². The van der Waals surface area contributed by atoms with Crippen LogP contribution in [0.15, 0.2) is 35.3 Å². The van der Waals surface area contributed by atoms with Crippen molar-refractivity contribution in [2.24, 2.45) is 4.99 Å². The van der Waals surface area contributed by atoms with Crippen molar-refractivity contribution in [3.8, 4) is 0 Å². The third-order valence-corrected chi connectivity index (χ3v) is 2.69. The Morgan fingerprint density at radius 3 is 2.33 bits per heavy atom. The minimum atomic E-state index is -1.96. The molecule has 1 aromatic carbocycles. The van der Waals surface area contributed by atoms with Crippen molar-refractivity contribution < 1.29 is 14.3 Å². The predicted molar refractivity (Wildman–Crippen MR) is 68.4 cm³/mol. The van der Waals surface area contributed by atoms with Crippen LogP contribution >= 0.6 is 34.8 Å². The van der Waals surface area contributed by atoms with Crippen molar-refractivity contribution in [1.29, 1.82) is 0 Å². The number of hydrogen-bond donors (Lipinski definition) is 0. The lowest BCUT2D eigenvalue weighted by atomic mass is 10.1. The number of rotatable bonds is 2. The van der Waals surface area contributed by atoms with Crippen LogP contribution in [0.4, 0.5) is 0 Å². The molecule has 4 nitrogen and oxygen atoms in total. The second kappa shape index (κ2) is 4.88. The summed E-state index contributed by atoms with van der Waals surface area (Å²) in [5.74, 6) is -1.68. The highest BCUT2D eigenvalue weighted by molar-refractivity contribution is 6.76. The summed E-state index contributed by atoms with van der Waals surface area (Å²) in [6.45, 7) is 0. The molecule has 0 aromatic heterocycles. The molecule has 7 heteroatoms. The lowest BCUT2D eigenvalue weighted by molar-refractivity contribution is -0.120. The van der Waals surface area contributed by atoms with Crippen LogP contribution in [0.25, 0.3) is 0 Å². The van der Waals surface area contributed by atoms with E-state index in [0.717, 1.165) is 0 Å². The summed E-state index contributed by atoms with van der Waals surface area (Å²) < 4.78 is 3.05. The number of ketones is 1. The zero-order valence-electron chi connectivity index (χ0n) is 8.77. The molecular weight excluding hydrogens is 300 g/mol. The molecule has 0 saturated heterocycles. The zero-order chi connectivity index (χ0) is 13.3. The van der Waals surface area contributed by atoms with E-state index in [4.69, 9.17) is 39.5 Å². The number of nitrogens with zero attached hydrogens (tertiary/aromatic N) is 1. The maximum atomic E-state index is 12.0. The standard InChI is InChI=1S/C11H6Cl3NO3/c12-11(13,14)10-15-9(17)8(18-10)7(16)6-4-2-1-3-5-6/h1-5,8H. The van der Waals surface area contributed by atoms with E-state index in [0.29, 0.717) is 5.56 Å². The molecule has 0 spiro atoms. The van der Waals surface area contributed by atoms with Gasteiger partial charge in [0.15, 0.2) is 0 Å². The van der Waals surface area contributed by atoms with E-state index in [1.165, 1.54) is 0 Å². The highest BCUT2D eigenvalue weighted by atomic mass is 35.6. The number of alkyl halides is 3. The SMILES string of the molecule is O=C1N=C(C(Cl)(Cl)Cl)OC1C(=O)c1ccccc1. The van der Waals surface area contributed by atoms with E-state index in [1.54, 1.807) is 30.3 Å².